The topological polar surface area (TPSA) is 93.8 Å². The molecule has 3 rings (SSSR count). The van der Waals surface area contributed by atoms with Gasteiger partial charge in [-0.25, -0.2) is 5.43 Å². The van der Waals surface area contributed by atoms with E-state index in [4.69, 9.17) is 4.74 Å². The molecule has 0 spiro atoms. The number of nitrogens with zero attached hydrogens (tertiary/aromatic N) is 2. The van der Waals surface area contributed by atoms with Crippen LogP contribution in [0.3, 0.4) is 0 Å². The minimum absolute atomic E-state index is 0.0399. The quantitative estimate of drug-likeness (QED) is 0.300. The number of aryl methyl sites for hydroxylation is 1. The minimum atomic E-state index is -0.440. The molecule has 0 heterocycles. The maximum Gasteiger partial charge on any atom is 0.271 e. The van der Waals surface area contributed by atoms with Crippen LogP contribution in [0.2, 0.25) is 0 Å². The van der Waals surface area contributed by atoms with Crippen LogP contribution in [-0.2, 0) is 6.61 Å². The van der Waals surface area contributed by atoms with Crippen LogP contribution < -0.4 is 10.2 Å². The third-order valence-electron chi connectivity index (χ3n) is 4.16. The van der Waals surface area contributed by atoms with E-state index in [1.165, 1.54) is 12.1 Å². The first-order chi connectivity index (χ1) is 14.4. The fourth-order valence-corrected chi connectivity index (χ4v) is 3.12. The van der Waals surface area contributed by atoms with E-state index in [1.54, 1.807) is 42.6 Å². The van der Waals surface area contributed by atoms with Crippen LogP contribution in [0.5, 0.6) is 5.75 Å². The number of benzene rings is 3. The number of hydrogen-bond acceptors (Lipinski definition) is 5. The fraction of sp³-hybridized carbons (Fsp3) is 0.0909. The van der Waals surface area contributed by atoms with E-state index < -0.39 is 4.92 Å². The summed E-state index contributed by atoms with van der Waals surface area (Å²) in [6, 6.07) is 18.9. The monoisotopic (exact) mass is 467 g/mol. The second-order valence-electron chi connectivity index (χ2n) is 6.47. The third kappa shape index (κ3) is 5.74. The largest absolute Gasteiger partial charge is 0.488 e. The molecule has 0 atom stereocenters. The maximum atomic E-state index is 12.1. The zero-order valence-electron chi connectivity index (χ0n) is 16.0. The molecule has 0 aromatic heterocycles. The summed E-state index contributed by atoms with van der Waals surface area (Å²) in [6.45, 7) is 2.19. The molecule has 0 saturated carbocycles. The number of hydrogen-bond donors (Lipinski definition) is 1. The lowest BCUT2D eigenvalue weighted by atomic mass is 10.1. The average Bonchev–Trinajstić information content (AvgIpc) is 2.73. The predicted molar refractivity (Wildman–Crippen MR) is 118 cm³/mol. The van der Waals surface area contributed by atoms with E-state index in [0.29, 0.717) is 11.3 Å². The molecule has 0 bridgehead atoms. The van der Waals surface area contributed by atoms with Crippen molar-refractivity contribution in [3.05, 3.63) is 104 Å². The number of carbonyl (C=O) groups excluding carboxylic acids is 1. The lowest BCUT2D eigenvalue weighted by molar-refractivity contribution is -0.384. The molecular formula is C22H18BrN3O4. The molecule has 30 heavy (non-hydrogen) atoms. The van der Waals surface area contributed by atoms with Crippen LogP contribution in [0.25, 0.3) is 0 Å². The third-order valence-corrected chi connectivity index (χ3v) is 4.78. The van der Waals surface area contributed by atoms with Crippen molar-refractivity contribution in [2.75, 3.05) is 0 Å². The van der Waals surface area contributed by atoms with Crippen molar-refractivity contribution < 1.29 is 14.5 Å². The van der Waals surface area contributed by atoms with Gasteiger partial charge < -0.3 is 4.74 Å². The van der Waals surface area contributed by atoms with E-state index in [1.807, 2.05) is 25.1 Å². The summed E-state index contributed by atoms with van der Waals surface area (Å²) in [5.74, 6) is 0.339. The SMILES string of the molecule is Cc1cccc(C(=O)N/N=C\c2ccc(OCc3ccc([N+](=O)[O-])cc3)c(Br)c2)c1. The van der Waals surface area contributed by atoms with Crippen LogP contribution in [0.4, 0.5) is 5.69 Å². The van der Waals surface area contributed by atoms with Crippen molar-refractivity contribution in [1.82, 2.24) is 5.43 Å². The molecule has 0 aliphatic carbocycles. The molecule has 3 aromatic carbocycles. The molecule has 0 unspecified atom stereocenters. The van der Waals surface area contributed by atoms with Gasteiger partial charge in [-0.05, 0) is 76.4 Å². The first-order valence-electron chi connectivity index (χ1n) is 8.98. The van der Waals surface area contributed by atoms with E-state index >= 15 is 0 Å². The summed E-state index contributed by atoms with van der Waals surface area (Å²) < 4.78 is 6.48. The molecule has 0 radical (unpaired) electrons. The normalized spacial score (nSPS) is 10.7. The first-order valence-corrected chi connectivity index (χ1v) is 9.77. The van der Waals surface area contributed by atoms with Crippen molar-refractivity contribution in [3.63, 3.8) is 0 Å². The van der Waals surface area contributed by atoms with Gasteiger partial charge in [-0.15, -0.1) is 0 Å². The van der Waals surface area contributed by atoms with E-state index in [2.05, 4.69) is 26.5 Å². The summed E-state index contributed by atoms with van der Waals surface area (Å²) in [6.07, 6.45) is 1.54. The van der Waals surface area contributed by atoms with Gasteiger partial charge in [0.25, 0.3) is 11.6 Å². The van der Waals surface area contributed by atoms with Gasteiger partial charge in [0.2, 0.25) is 0 Å². The Kier molecular flexibility index (Phi) is 6.92. The number of ether oxygens (including phenoxy) is 1. The number of amides is 1. The van der Waals surface area contributed by atoms with Crippen molar-refractivity contribution in [1.29, 1.82) is 0 Å². The lowest BCUT2D eigenvalue weighted by Gasteiger charge is -2.09. The minimum Gasteiger partial charge on any atom is -0.488 e. The molecular weight excluding hydrogens is 450 g/mol. The van der Waals surface area contributed by atoms with Gasteiger partial charge in [0.15, 0.2) is 0 Å². The Bertz CT molecular complexity index is 1100. The van der Waals surface area contributed by atoms with Crippen molar-refractivity contribution in [2.24, 2.45) is 5.10 Å². The van der Waals surface area contributed by atoms with E-state index in [-0.39, 0.29) is 18.2 Å². The highest BCUT2D eigenvalue weighted by molar-refractivity contribution is 9.10. The number of carbonyl (C=O) groups is 1. The molecule has 7 nitrogen and oxygen atoms in total. The molecule has 0 fully saturated rings. The van der Waals surface area contributed by atoms with Gasteiger partial charge in [-0.1, -0.05) is 17.7 Å². The molecule has 0 aliphatic heterocycles. The Hall–Kier alpha value is -3.52. The van der Waals surface area contributed by atoms with Gasteiger partial charge in [0.05, 0.1) is 15.6 Å². The average molecular weight is 468 g/mol. The van der Waals surface area contributed by atoms with Gasteiger partial charge in [0, 0.05) is 17.7 Å². The number of nitrogens with one attached hydrogen (secondary N) is 1. The highest BCUT2D eigenvalue weighted by Gasteiger charge is 2.07. The van der Waals surface area contributed by atoms with Crippen LogP contribution in [-0.4, -0.2) is 17.0 Å². The second-order valence-corrected chi connectivity index (χ2v) is 7.33. The number of halogens is 1. The lowest BCUT2D eigenvalue weighted by Crippen LogP contribution is -2.17. The Morgan fingerprint density at radius 3 is 2.60 bits per heavy atom. The zero-order chi connectivity index (χ0) is 21.5. The van der Waals surface area contributed by atoms with Gasteiger partial charge >= 0.3 is 0 Å². The van der Waals surface area contributed by atoms with Gasteiger partial charge in [0.1, 0.15) is 12.4 Å². The summed E-state index contributed by atoms with van der Waals surface area (Å²) in [4.78, 5) is 22.4. The van der Waals surface area contributed by atoms with E-state index in [0.717, 1.165) is 21.2 Å². The predicted octanol–water partition coefficient (Wildman–Crippen LogP) is 5.01. The number of hydrazone groups is 1. The first kappa shape index (κ1) is 21.2. The number of nitro groups is 1. The van der Waals surface area contributed by atoms with Crippen molar-refractivity contribution >= 4 is 33.7 Å². The van der Waals surface area contributed by atoms with Crippen LogP contribution in [0.1, 0.15) is 27.0 Å². The van der Waals surface area contributed by atoms with E-state index in [9.17, 15) is 14.9 Å². The number of rotatable bonds is 7. The van der Waals surface area contributed by atoms with Crippen LogP contribution >= 0.6 is 15.9 Å². The van der Waals surface area contributed by atoms with Crippen LogP contribution in [0.15, 0.2) is 76.3 Å². The van der Waals surface area contributed by atoms with Crippen LogP contribution in [0, 0.1) is 17.0 Å². The summed E-state index contributed by atoms with van der Waals surface area (Å²) in [5.41, 5.74) is 5.68. The van der Waals surface area contributed by atoms with Gasteiger partial charge in [-0.3, -0.25) is 14.9 Å². The van der Waals surface area contributed by atoms with Gasteiger partial charge in [-0.2, -0.15) is 5.10 Å². The summed E-state index contributed by atoms with van der Waals surface area (Å²) in [7, 11) is 0. The highest BCUT2D eigenvalue weighted by Crippen LogP contribution is 2.26. The Labute approximate surface area is 181 Å². The fourth-order valence-electron chi connectivity index (χ4n) is 2.61. The molecule has 3 aromatic rings. The second kappa shape index (κ2) is 9.80. The van der Waals surface area contributed by atoms with Crippen molar-refractivity contribution in [2.45, 2.75) is 13.5 Å². The zero-order valence-corrected chi connectivity index (χ0v) is 17.6. The summed E-state index contributed by atoms with van der Waals surface area (Å²) >= 11 is 3.45. The summed E-state index contributed by atoms with van der Waals surface area (Å²) in [5, 5.41) is 14.7. The Morgan fingerprint density at radius 1 is 1.17 bits per heavy atom. The number of nitro benzene ring substituents is 1. The Morgan fingerprint density at radius 2 is 1.93 bits per heavy atom. The maximum absolute atomic E-state index is 12.1. The highest BCUT2D eigenvalue weighted by atomic mass is 79.9. The molecule has 0 saturated heterocycles. The Balaban J connectivity index is 1.57. The standard InChI is InChI=1S/C22H18BrN3O4/c1-15-3-2-4-18(11-15)22(27)25-24-13-17-7-10-21(20(23)12-17)30-14-16-5-8-19(9-6-16)26(28)29/h2-13H,14H2,1H3,(H,25,27)/b24-13-. The molecule has 1 N–H and O–H groups in total. The number of non-ortho nitro benzene ring substituents is 1. The smallest absolute Gasteiger partial charge is 0.271 e. The molecule has 1 amide bonds. The molecule has 8 heteroatoms. The molecule has 152 valence electrons. The molecule has 0 aliphatic rings. The van der Waals surface area contributed by atoms with Crippen molar-refractivity contribution in [3.8, 4) is 5.75 Å².